The van der Waals surface area contributed by atoms with Gasteiger partial charge in [-0.3, -0.25) is 0 Å². The van der Waals surface area contributed by atoms with Gasteiger partial charge in [-0.05, 0) is 82.1 Å². The van der Waals surface area contributed by atoms with Crippen molar-refractivity contribution in [3.63, 3.8) is 0 Å². The fraction of sp³-hybridized carbons (Fsp3) is 0.917. The summed E-state index contributed by atoms with van der Waals surface area (Å²) >= 11 is 0. The summed E-state index contributed by atoms with van der Waals surface area (Å²) in [7, 11) is 0. The first-order valence-electron chi connectivity index (χ1n) is 12.2. The zero-order valence-corrected chi connectivity index (χ0v) is 18.7. The maximum absolute atomic E-state index is 12.5. The van der Waals surface area contributed by atoms with Crippen LogP contribution in [0.15, 0.2) is 12.2 Å². The molecule has 4 rings (SSSR count). The normalized spacial score (nSPS) is 42.2. The average Bonchev–Trinajstić information content (AvgIpc) is 2.80. The van der Waals surface area contributed by atoms with Gasteiger partial charge < -0.3 is 23.7 Å². The van der Waals surface area contributed by atoms with Gasteiger partial charge in [0, 0.05) is 12.5 Å². The first kappa shape index (κ1) is 23.6. The van der Waals surface area contributed by atoms with Crippen molar-refractivity contribution in [2.75, 3.05) is 33.0 Å². The maximum atomic E-state index is 12.5. The molecule has 0 aromatic heterocycles. The van der Waals surface area contributed by atoms with Crippen molar-refractivity contribution in [3.05, 3.63) is 12.2 Å². The van der Waals surface area contributed by atoms with Crippen molar-refractivity contribution >= 4 is 0 Å². The van der Waals surface area contributed by atoms with Gasteiger partial charge in [-0.25, -0.2) is 0 Å². The van der Waals surface area contributed by atoms with Gasteiger partial charge in [0.05, 0.1) is 32.3 Å². The lowest BCUT2D eigenvalue weighted by Gasteiger charge is -2.42. The second-order valence-electron chi connectivity index (χ2n) is 9.71. The molecular formula is C24H38F2O5. The molecule has 7 heteroatoms. The highest BCUT2D eigenvalue weighted by Gasteiger charge is 2.38. The Morgan fingerprint density at radius 1 is 0.710 bits per heavy atom. The van der Waals surface area contributed by atoms with Gasteiger partial charge in [-0.1, -0.05) is 0 Å². The van der Waals surface area contributed by atoms with Crippen LogP contribution in [0.3, 0.4) is 0 Å². The van der Waals surface area contributed by atoms with Crippen molar-refractivity contribution in [2.45, 2.75) is 77.0 Å². The van der Waals surface area contributed by atoms with E-state index in [4.69, 9.17) is 23.7 Å². The summed E-state index contributed by atoms with van der Waals surface area (Å²) in [6, 6.07) is 0. The van der Waals surface area contributed by atoms with E-state index in [-0.39, 0.29) is 30.5 Å². The van der Waals surface area contributed by atoms with Crippen LogP contribution in [0.4, 0.5) is 8.78 Å². The Labute approximate surface area is 184 Å². The van der Waals surface area contributed by atoms with Crippen LogP contribution in [0, 0.1) is 29.6 Å². The topological polar surface area (TPSA) is 46.2 Å². The van der Waals surface area contributed by atoms with Crippen LogP contribution in [0.5, 0.6) is 0 Å². The van der Waals surface area contributed by atoms with Crippen molar-refractivity contribution in [1.29, 1.82) is 0 Å². The number of hydrogen-bond acceptors (Lipinski definition) is 5. The van der Waals surface area contributed by atoms with Gasteiger partial charge in [-0.2, -0.15) is 8.78 Å². The Hall–Kier alpha value is -0.600. The lowest BCUT2D eigenvalue weighted by molar-refractivity contribution is -0.298. The molecule has 2 heterocycles. The molecule has 0 atom stereocenters. The lowest BCUT2D eigenvalue weighted by atomic mass is 9.69. The Morgan fingerprint density at radius 3 is 1.74 bits per heavy atom. The van der Waals surface area contributed by atoms with Gasteiger partial charge in [0.2, 0.25) is 0 Å². The average molecular weight is 445 g/mol. The summed E-state index contributed by atoms with van der Waals surface area (Å²) in [5, 5.41) is 0. The molecule has 0 bridgehead atoms. The highest BCUT2D eigenvalue weighted by molar-refractivity contribution is 4.92. The standard InChI is InChI=1S/C24H38F2O5/c1-2-27-21-14-30-24(31-15-21)20-12-28-23(29-13-20)19-9-7-18(8-10-19)17-5-3-16(4-6-17)11-22(25)26/h11,16-21,23-24H,2-10,12-15H2,1H3. The molecule has 2 aliphatic heterocycles. The molecule has 0 aromatic carbocycles. The number of hydrogen-bond donors (Lipinski definition) is 0. The van der Waals surface area contributed by atoms with E-state index in [1.165, 1.54) is 18.9 Å². The van der Waals surface area contributed by atoms with Crippen LogP contribution in [-0.4, -0.2) is 51.7 Å². The van der Waals surface area contributed by atoms with Gasteiger partial charge in [0.25, 0.3) is 6.08 Å². The molecule has 0 amide bonds. The van der Waals surface area contributed by atoms with Crippen molar-refractivity contribution in [2.24, 2.45) is 29.6 Å². The monoisotopic (exact) mass is 444 g/mol. The molecule has 0 unspecified atom stereocenters. The van der Waals surface area contributed by atoms with Crippen molar-refractivity contribution < 1.29 is 32.5 Å². The minimum Gasteiger partial charge on any atom is -0.374 e. The highest BCUT2D eigenvalue weighted by Crippen LogP contribution is 2.43. The predicted octanol–water partition coefficient (Wildman–Crippen LogP) is 5.15. The van der Waals surface area contributed by atoms with E-state index in [0.29, 0.717) is 44.9 Å². The summed E-state index contributed by atoms with van der Waals surface area (Å²) in [4.78, 5) is 0. The van der Waals surface area contributed by atoms with Crippen molar-refractivity contribution in [1.82, 2.24) is 0 Å². The number of allylic oxidation sites excluding steroid dienone is 1. The summed E-state index contributed by atoms with van der Waals surface area (Å²) in [6.07, 6.45) is 7.94. The van der Waals surface area contributed by atoms with Crippen LogP contribution < -0.4 is 0 Å². The largest absolute Gasteiger partial charge is 0.374 e. The first-order chi connectivity index (χ1) is 15.1. The molecule has 0 N–H and O–H groups in total. The molecule has 2 saturated heterocycles. The molecule has 178 valence electrons. The summed E-state index contributed by atoms with van der Waals surface area (Å²) < 4.78 is 54.3. The molecule has 2 saturated carbocycles. The van der Waals surface area contributed by atoms with Gasteiger partial charge >= 0.3 is 0 Å². The Morgan fingerprint density at radius 2 is 1.19 bits per heavy atom. The van der Waals surface area contributed by atoms with Crippen LogP contribution in [0.25, 0.3) is 0 Å². The maximum Gasteiger partial charge on any atom is 0.266 e. The SMILES string of the molecule is CCOC1COC(C2COC(C3CCC(C4CCC(C=C(F)F)CC4)CC3)OC2)OC1. The predicted molar refractivity (Wildman–Crippen MR) is 111 cm³/mol. The van der Waals surface area contributed by atoms with E-state index in [1.807, 2.05) is 6.92 Å². The Kier molecular flexibility index (Phi) is 8.74. The van der Waals surface area contributed by atoms with E-state index >= 15 is 0 Å². The molecule has 4 aliphatic rings. The highest BCUT2D eigenvalue weighted by atomic mass is 19.3. The van der Waals surface area contributed by atoms with E-state index in [0.717, 1.165) is 44.4 Å². The molecule has 0 aromatic rings. The van der Waals surface area contributed by atoms with E-state index in [2.05, 4.69) is 0 Å². The zero-order chi connectivity index (χ0) is 21.6. The van der Waals surface area contributed by atoms with Gasteiger partial charge in [-0.15, -0.1) is 0 Å². The second-order valence-corrected chi connectivity index (χ2v) is 9.71. The molecule has 2 aliphatic carbocycles. The van der Waals surface area contributed by atoms with Crippen LogP contribution >= 0.6 is 0 Å². The molecule has 5 nitrogen and oxygen atoms in total. The third kappa shape index (κ3) is 6.47. The molecule has 4 fully saturated rings. The Balaban J connectivity index is 1.14. The minimum atomic E-state index is -1.52. The zero-order valence-electron chi connectivity index (χ0n) is 18.7. The van der Waals surface area contributed by atoms with Crippen LogP contribution in [-0.2, 0) is 23.7 Å². The minimum absolute atomic E-state index is 0.0194. The third-order valence-electron chi connectivity index (χ3n) is 7.68. The van der Waals surface area contributed by atoms with Crippen LogP contribution in [0.2, 0.25) is 0 Å². The summed E-state index contributed by atoms with van der Waals surface area (Å²) in [5.41, 5.74) is 0. The Bertz CT molecular complexity index is 552. The van der Waals surface area contributed by atoms with Crippen molar-refractivity contribution in [3.8, 4) is 0 Å². The van der Waals surface area contributed by atoms with Gasteiger partial charge in [0.1, 0.15) is 6.10 Å². The molecule has 0 spiro atoms. The van der Waals surface area contributed by atoms with E-state index in [1.54, 1.807) is 0 Å². The molecular weight excluding hydrogens is 406 g/mol. The molecule has 0 radical (unpaired) electrons. The molecule has 31 heavy (non-hydrogen) atoms. The van der Waals surface area contributed by atoms with Gasteiger partial charge in [0.15, 0.2) is 12.6 Å². The van der Waals surface area contributed by atoms with Crippen LogP contribution in [0.1, 0.15) is 58.3 Å². The third-order valence-corrected chi connectivity index (χ3v) is 7.68. The fourth-order valence-electron chi connectivity index (χ4n) is 5.92. The number of rotatable bonds is 6. The smallest absolute Gasteiger partial charge is 0.266 e. The number of ether oxygens (including phenoxy) is 5. The van der Waals surface area contributed by atoms with E-state index in [9.17, 15) is 8.78 Å². The quantitative estimate of drug-likeness (QED) is 0.567. The fourth-order valence-corrected chi connectivity index (χ4v) is 5.92. The second kappa shape index (κ2) is 11.5. The summed E-state index contributed by atoms with van der Waals surface area (Å²) in [6.45, 7) is 4.97. The summed E-state index contributed by atoms with van der Waals surface area (Å²) in [5.74, 6) is 2.07. The van der Waals surface area contributed by atoms with E-state index < -0.39 is 6.08 Å². The number of halogens is 2. The lowest BCUT2D eigenvalue weighted by Crippen LogP contribution is -2.48. The first-order valence-corrected chi connectivity index (χ1v) is 12.2.